The number of fused-ring (bicyclic) bond motifs is 1. The topological polar surface area (TPSA) is 75.5 Å². The number of benzene rings is 1. The molecule has 8 nitrogen and oxygen atoms in total. The van der Waals surface area contributed by atoms with Crippen LogP contribution in [-0.2, 0) is 19.5 Å². The Morgan fingerprint density at radius 2 is 2.03 bits per heavy atom. The number of methoxy groups -OCH3 is 1. The molecule has 1 saturated heterocycles. The molecule has 0 radical (unpaired) electrons. The molecule has 10 heteroatoms. The fourth-order valence-corrected chi connectivity index (χ4v) is 5.09. The van der Waals surface area contributed by atoms with Crippen molar-refractivity contribution < 1.29 is 18.3 Å². The van der Waals surface area contributed by atoms with Crippen molar-refractivity contribution in [2.24, 2.45) is 0 Å². The summed E-state index contributed by atoms with van der Waals surface area (Å²) in [5.74, 6) is 0.196. The summed E-state index contributed by atoms with van der Waals surface area (Å²) in [6.45, 7) is 4.39. The second-order valence-electron chi connectivity index (χ2n) is 9.37. The molecule has 1 atom stereocenters. The van der Waals surface area contributed by atoms with Gasteiger partial charge in [-0.15, -0.1) is 0 Å². The second kappa shape index (κ2) is 9.85. The summed E-state index contributed by atoms with van der Waals surface area (Å²) in [5, 5.41) is 3.07. The lowest BCUT2D eigenvalue weighted by molar-refractivity contribution is 0.0578. The lowest BCUT2D eigenvalue weighted by Gasteiger charge is -2.37. The summed E-state index contributed by atoms with van der Waals surface area (Å²) in [5.41, 5.74) is 4.26. The first-order valence-electron chi connectivity index (χ1n) is 12.1. The van der Waals surface area contributed by atoms with E-state index in [1.807, 2.05) is 30.8 Å². The third-order valence-electron chi connectivity index (χ3n) is 7.05. The quantitative estimate of drug-likeness (QED) is 0.515. The van der Waals surface area contributed by atoms with E-state index in [-0.39, 0.29) is 17.7 Å². The number of alkyl halides is 1. The van der Waals surface area contributed by atoms with Crippen molar-refractivity contribution in [3.05, 3.63) is 70.6 Å². The van der Waals surface area contributed by atoms with Gasteiger partial charge in [-0.3, -0.25) is 14.7 Å². The molecule has 2 aliphatic heterocycles. The average Bonchev–Trinajstić information content (AvgIpc) is 3.30. The molecule has 1 amide bonds. The highest BCUT2D eigenvalue weighted by molar-refractivity contribution is 5.97. The number of hydrogen-bond acceptors (Lipinski definition) is 6. The third-order valence-corrected chi connectivity index (χ3v) is 7.05. The van der Waals surface area contributed by atoms with Gasteiger partial charge in [0, 0.05) is 57.3 Å². The van der Waals surface area contributed by atoms with Gasteiger partial charge in [-0.25, -0.2) is 13.8 Å². The van der Waals surface area contributed by atoms with Gasteiger partial charge in [-0.05, 0) is 36.1 Å². The molecule has 0 saturated carbocycles. The third kappa shape index (κ3) is 4.53. The highest BCUT2D eigenvalue weighted by Crippen LogP contribution is 2.32. The van der Waals surface area contributed by atoms with Crippen LogP contribution in [0.4, 0.5) is 14.7 Å². The van der Waals surface area contributed by atoms with E-state index >= 15 is 0 Å². The molecular weight excluding hydrogens is 466 g/mol. The Bertz CT molecular complexity index is 1270. The van der Waals surface area contributed by atoms with Crippen molar-refractivity contribution in [1.29, 1.82) is 0 Å². The van der Waals surface area contributed by atoms with Crippen LogP contribution in [0.2, 0.25) is 0 Å². The minimum Gasteiger partial charge on any atom is -0.494 e. The zero-order valence-electron chi connectivity index (χ0n) is 20.7. The van der Waals surface area contributed by atoms with Gasteiger partial charge in [0.15, 0.2) is 11.6 Å². The van der Waals surface area contributed by atoms with Crippen molar-refractivity contribution in [2.45, 2.75) is 38.6 Å². The highest BCUT2D eigenvalue weighted by Gasteiger charge is 2.33. The van der Waals surface area contributed by atoms with E-state index in [1.165, 1.54) is 7.11 Å². The normalized spacial score (nSPS) is 17.0. The molecule has 1 aromatic carbocycles. The van der Waals surface area contributed by atoms with Crippen LogP contribution in [0.3, 0.4) is 0 Å². The van der Waals surface area contributed by atoms with E-state index in [0.717, 1.165) is 28.8 Å². The standard InChI is InChI=1S/C26H30F2N6O2/c1-16(23-10-24(36-3)22(28)11-31-23)34-6-4-20-18(13-32-14-19(27)15-32)8-17(9-21(20)25(34)35)12-33-7-5-30-26(33)29-2/h5,7-11,16,19H,4,6,12-15H2,1-3H3,(H,29,30)/t16-/m0/s1. The number of carbonyl (C=O) groups excluding carboxylic acids is 1. The zero-order valence-corrected chi connectivity index (χ0v) is 20.7. The maximum atomic E-state index is 13.9. The van der Waals surface area contributed by atoms with E-state index in [1.54, 1.807) is 17.2 Å². The van der Waals surface area contributed by atoms with E-state index in [9.17, 15) is 13.6 Å². The Hall–Kier alpha value is -3.53. The fourth-order valence-electron chi connectivity index (χ4n) is 5.09. The van der Waals surface area contributed by atoms with Crippen molar-refractivity contribution in [3.63, 3.8) is 0 Å². The van der Waals surface area contributed by atoms with Crippen LogP contribution < -0.4 is 10.1 Å². The van der Waals surface area contributed by atoms with Crippen LogP contribution in [0.5, 0.6) is 5.75 Å². The number of carbonyl (C=O) groups is 1. The highest BCUT2D eigenvalue weighted by atomic mass is 19.1. The lowest BCUT2D eigenvalue weighted by atomic mass is 9.89. The second-order valence-corrected chi connectivity index (χ2v) is 9.37. The molecule has 2 aromatic heterocycles. The van der Waals surface area contributed by atoms with Gasteiger partial charge in [0.05, 0.1) is 31.6 Å². The fraction of sp³-hybridized carbons (Fsp3) is 0.423. The first-order chi connectivity index (χ1) is 17.4. The van der Waals surface area contributed by atoms with Gasteiger partial charge in [0.2, 0.25) is 5.95 Å². The van der Waals surface area contributed by atoms with Crippen molar-refractivity contribution in [3.8, 4) is 5.75 Å². The van der Waals surface area contributed by atoms with Crippen molar-refractivity contribution in [1.82, 2.24) is 24.3 Å². The molecule has 0 aliphatic carbocycles. The molecule has 2 aliphatic rings. The number of nitrogens with one attached hydrogen (secondary N) is 1. The predicted octanol–water partition coefficient (Wildman–Crippen LogP) is 3.43. The summed E-state index contributed by atoms with van der Waals surface area (Å²) < 4.78 is 34.5. The Morgan fingerprint density at radius 3 is 2.75 bits per heavy atom. The van der Waals surface area contributed by atoms with E-state index in [4.69, 9.17) is 4.74 Å². The maximum Gasteiger partial charge on any atom is 0.254 e. The van der Waals surface area contributed by atoms with Gasteiger partial charge in [-0.2, -0.15) is 0 Å². The minimum atomic E-state index is -0.786. The molecule has 36 heavy (non-hydrogen) atoms. The van der Waals surface area contributed by atoms with Crippen LogP contribution in [-0.4, -0.2) is 70.2 Å². The number of halogens is 2. The largest absolute Gasteiger partial charge is 0.494 e. The van der Waals surface area contributed by atoms with Gasteiger partial charge in [0.25, 0.3) is 5.91 Å². The molecule has 0 spiro atoms. The van der Waals surface area contributed by atoms with Crippen LogP contribution in [0.15, 0.2) is 36.8 Å². The Balaban J connectivity index is 1.48. The molecule has 1 N–H and O–H groups in total. The first-order valence-corrected chi connectivity index (χ1v) is 12.1. The van der Waals surface area contributed by atoms with Gasteiger partial charge < -0.3 is 19.5 Å². The Morgan fingerprint density at radius 1 is 1.22 bits per heavy atom. The predicted molar refractivity (Wildman–Crippen MR) is 131 cm³/mol. The molecule has 4 heterocycles. The average molecular weight is 497 g/mol. The molecule has 1 fully saturated rings. The molecule has 190 valence electrons. The number of amides is 1. The lowest BCUT2D eigenvalue weighted by Crippen LogP contribution is -2.48. The SMILES string of the molecule is CNc1nccn1Cc1cc(CN2CC(F)C2)c2c(c1)C(=O)N([C@@H](C)c1cc(OC)c(F)cn1)CC2. The Labute approximate surface area is 208 Å². The zero-order chi connectivity index (χ0) is 25.4. The molecule has 0 unspecified atom stereocenters. The van der Waals surface area contributed by atoms with Crippen LogP contribution in [0, 0.1) is 5.82 Å². The summed E-state index contributed by atoms with van der Waals surface area (Å²) in [4.78, 5) is 26.1. The number of nitrogens with zero attached hydrogens (tertiary/aromatic N) is 5. The summed E-state index contributed by atoms with van der Waals surface area (Å²) in [7, 11) is 3.22. The minimum absolute atomic E-state index is 0.0941. The van der Waals surface area contributed by atoms with Crippen molar-refractivity contribution >= 4 is 11.9 Å². The van der Waals surface area contributed by atoms with E-state index in [0.29, 0.717) is 50.4 Å². The van der Waals surface area contributed by atoms with Gasteiger partial charge >= 0.3 is 0 Å². The van der Waals surface area contributed by atoms with Crippen molar-refractivity contribution in [2.75, 3.05) is 39.1 Å². The van der Waals surface area contributed by atoms with Crippen LogP contribution >= 0.6 is 0 Å². The van der Waals surface area contributed by atoms with E-state index < -0.39 is 12.0 Å². The first kappa shape index (κ1) is 24.2. The number of hydrogen-bond donors (Lipinski definition) is 1. The molecule has 0 bridgehead atoms. The Kier molecular flexibility index (Phi) is 6.61. The molecule has 3 aromatic rings. The number of rotatable bonds is 8. The smallest absolute Gasteiger partial charge is 0.254 e. The number of ether oxygens (including phenoxy) is 1. The molecule has 5 rings (SSSR count). The monoisotopic (exact) mass is 496 g/mol. The van der Waals surface area contributed by atoms with Crippen LogP contribution in [0.25, 0.3) is 0 Å². The maximum absolute atomic E-state index is 13.9. The number of anilines is 1. The summed E-state index contributed by atoms with van der Waals surface area (Å²) in [6.07, 6.45) is 4.63. The number of likely N-dealkylation sites (tertiary alicyclic amines) is 1. The van der Waals surface area contributed by atoms with Gasteiger partial charge in [0.1, 0.15) is 6.17 Å². The van der Waals surface area contributed by atoms with E-state index in [2.05, 4.69) is 26.3 Å². The summed E-state index contributed by atoms with van der Waals surface area (Å²) >= 11 is 0. The molecular formula is C26H30F2N6O2. The summed E-state index contributed by atoms with van der Waals surface area (Å²) in [6, 6.07) is 5.26. The van der Waals surface area contributed by atoms with Crippen LogP contribution in [0.1, 0.15) is 45.7 Å². The van der Waals surface area contributed by atoms with Gasteiger partial charge in [-0.1, -0.05) is 6.07 Å². The number of aromatic nitrogens is 3. The number of imidazole rings is 1. The number of pyridine rings is 1.